The van der Waals surface area contributed by atoms with Gasteiger partial charge in [-0.3, -0.25) is 4.79 Å². The molecule has 0 saturated carbocycles. The molecule has 5 nitrogen and oxygen atoms in total. The molecule has 1 N–H and O–H groups in total. The Balaban J connectivity index is 2.43. The Hall–Kier alpha value is -2.04. The van der Waals surface area contributed by atoms with Crippen molar-refractivity contribution in [2.24, 2.45) is 0 Å². The molecule has 0 radical (unpaired) electrons. The number of rotatable bonds is 5. The standard InChI is InChI=1S/C13H17NO4/c1-9-5-4-6-11(10(9)2)17-8-13(16)18-7-12(15)14-3/h4-6H,7-8H2,1-3H3,(H,14,15). The zero-order valence-electron chi connectivity index (χ0n) is 10.8. The third-order valence-corrected chi connectivity index (χ3v) is 2.54. The van der Waals surface area contributed by atoms with Gasteiger partial charge in [-0.1, -0.05) is 12.1 Å². The summed E-state index contributed by atoms with van der Waals surface area (Å²) in [5.74, 6) is -0.276. The Morgan fingerprint density at radius 3 is 2.61 bits per heavy atom. The number of carbonyl (C=O) groups excluding carboxylic acids is 2. The van der Waals surface area contributed by atoms with Crippen LogP contribution in [0.15, 0.2) is 18.2 Å². The molecule has 0 aromatic heterocycles. The van der Waals surface area contributed by atoms with Crippen LogP contribution in [0.1, 0.15) is 11.1 Å². The van der Waals surface area contributed by atoms with Crippen LogP contribution < -0.4 is 10.1 Å². The number of aryl methyl sites for hydroxylation is 1. The highest BCUT2D eigenvalue weighted by molar-refractivity contribution is 5.80. The maximum Gasteiger partial charge on any atom is 0.344 e. The normalized spacial score (nSPS) is 9.72. The highest BCUT2D eigenvalue weighted by atomic mass is 16.6. The van der Waals surface area contributed by atoms with Gasteiger partial charge in [0.1, 0.15) is 5.75 Å². The van der Waals surface area contributed by atoms with Crippen molar-refractivity contribution in [2.75, 3.05) is 20.3 Å². The third kappa shape index (κ3) is 4.08. The summed E-state index contributed by atoms with van der Waals surface area (Å²) in [5, 5.41) is 2.35. The lowest BCUT2D eigenvalue weighted by molar-refractivity contribution is -0.150. The molecule has 0 unspecified atom stereocenters. The number of nitrogens with one attached hydrogen (secondary N) is 1. The predicted octanol–water partition coefficient (Wildman–Crippen LogP) is 0.971. The molecule has 0 spiro atoms. The predicted molar refractivity (Wildman–Crippen MR) is 66.4 cm³/mol. The topological polar surface area (TPSA) is 64.6 Å². The molecular weight excluding hydrogens is 234 g/mol. The van der Waals surface area contributed by atoms with Crippen molar-refractivity contribution in [3.8, 4) is 5.75 Å². The van der Waals surface area contributed by atoms with Gasteiger partial charge in [-0.2, -0.15) is 0 Å². The van der Waals surface area contributed by atoms with Crippen LogP contribution in [-0.2, 0) is 14.3 Å². The minimum absolute atomic E-state index is 0.207. The average Bonchev–Trinajstić information content (AvgIpc) is 2.37. The number of carbonyl (C=O) groups is 2. The number of hydrogen-bond acceptors (Lipinski definition) is 4. The summed E-state index contributed by atoms with van der Waals surface area (Å²) in [6.45, 7) is 3.39. The minimum Gasteiger partial charge on any atom is -0.482 e. The van der Waals surface area contributed by atoms with E-state index in [-0.39, 0.29) is 19.1 Å². The van der Waals surface area contributed by atoms with Crippen molar-refractivity contribution in [1.29, 1.82) is 0 Å². The van der Waals surface area contributed by atoms with Gasteiger partial charge in [0.05, 0.1) is 0 Å². The maximum absolute atomic E-state index is 11.3. The van der Waals surface area contributed by atoms with E-state index in [0.717, 1.165) is 11.1 Å². The molecule has 5 heteroatoms. The van der Waals surface area contributed by atoms with Gasteiger partial charge in [0.25, 0.3) is 5.91 Å². The van der Waals surface area contributed by atoms with Gasteiger partial charge in [0, 0.05) is 7.05 Å². The smallest absolute Gasteiger partial charge is 0.344 e. The first kappa shape index (κ1) is 14.0. The van der Waals surface area contributed by atoms with Gasteiger partial charge < -0.3 is 14.8 Å². The lowest BCUT2D eigenvalue weighted by Gasteiger charge is -2.10. The van der Waals surface area contributed by atoms with Crippen molar-refractivity contribution in [1.82, 2.24) is 5.32 Å². The van der Waals surface area contributed by atoms with E-state index in [2.05, 4.69) is 5.32 Å². The van der Waals surface area contributed by atoms with E-state index in [1.54, 1.807) is 6.07 Å². The number of ether oxygens (including phenoxy) is 2. The van der Waals surface area contributed by atoms with E-state index in [4.69, 9.17) is 9.47 Å². The van der Waals surface area contributed by atoms with Gasteiger partial charge in [0.2, 0.25) is 0 Å². The average molecular weight is 251 g/mol. The number of amides is 1. The molecule has 0 bridgehead atoms. The second-order valence-corrected chi connectivity index (χ2v) is 3.82. The summed E-state index contributed by atoms with van der Waals surface area (Å²) in [5.41, 5.74) is 2.07. The van der Waals surface area contributed by atoms with Crippen LogP contribution in [0.5, 0.6) is 5.75 Å². The maximum atomic E-state index is 11.3. The number of likely N-dealkylation sites (N-methyl/N-ethyl adjacent to an activating group) is 1. The van der Waals surface area contributed by atoms with Crippen LogP contribution in [0.2, 0.25) is 0 Å². The molecule has 0 aliphatic rings. The third-order valence-electron chi connectivity index (χ3n) is 2.54. The number of esters is 1. The molecule has 18 heavy (non-hydrogen) atoms. The van der Waals surface area contributed by atoms with Crippen molar-refractivity contribution < 1.29 is 19.1 Å². The largest absolute Gasteiger partial charge is 0.482 e. The molecule has 98 valence electrons. The highest BCUT2D eigenvalue weighted by Crippen LogP contribution is 2.20. The first-order chi connectivity index (χ1) is 8.54. The van der Waals surface area contributed by atoms with Gasteiger partial charge >= 0.3 is 5.97 Å². The van der Waals surface area contributed by atoms with Crippen LogP contribution in [0.3, 0.4) is 0 Å². The Morgan fingerprint density at radius 2 is 1.94 bits per heavy atom. The fourth-order valence-corrected chi connectivity index (χ4v) is 1.28. The summed E-state index contributed by atoms with van der Waals surface area (Å²) < 4.78 is 10.0. The summed E-state index contributed by atoms with van der Waals surface area (Å²) in [7, 11) is 1.47. The van der Waals surface area contributed by atoms with Crippen LogP contribution in [0, 0.1) is 13.8 Å². The molecule has 1 aromatic rings. The molecular formula is C13H17NO4. The molecule has 0 fully saturated rings. The minimum atomic E-state index is -0.570. The summed E-state index contributed by atoms with van der Waals surface area (Å²) >= 11 is 0. The molecule has 0 atom stereocenters. The van der Waals surface area contributed by atoms with E-state index >= 15 is 0 Å². The first-order valence-corrected chi connectivity index (χ1v) is 5.59. The Labute approximate surface area is 106 Å². The number of hydrogen-bond donors (Lipinski definition) is 1. The highest BCUT2D eigenvalue weighted by Gasteiger charge is 2.08. The van der Waals surface area contributed by atoms with E-state index in [1.165, 1.54) is 7.05 Å². The molecule has 1 aromatic carbocycles. The summed E-state index contributed by atoms with van der Waals surface area (Å²) in [6, 6.07) is 5.61. The molecule has 1 amide bonds. The zero-order chi connectivity index (χ0) is 13.5. The zero-order valence-corrected chi connectivity index (χ0v) is 10.8. The van der Waals surface area contributed by atoms with Crippen molar-refractivity contribution in [2.45, 2.75) is 13.8 Å². The second-order valence-electron chi connectivity index (χ2n) is 3.82. The quantitative estimate of drug-likeness (QED) is 0.792. The Bertz CT molecular complexity index is 443. The molecule has 0 aliphatic heterocycles. The van der Waals surface area contributed by atoms with E-state index in [9.17, 15) is 9.59 Å². The second kappa shape index (κ2) is 6.64. The van der Waals surface area contributed by atoms with Gasteiger partial charge in [0.15, 0.2) is 13.2 Å². The van der Waals surface area contributed by atoms with Crippen LogP contribution in [0.25, 0.3) is 0 Å². The van der Waals surface area contributed by atoms with E-state index < -0.39 is 5.97 Å². The van der Waals surface area contributed by atoms with Gasteiger partial charge in [-0.25, -0.2) is 4.79 Å². The Morgan fingerprint density at radius 1 is 1.22 bits per heavy atom. The van der Waals surface area contributed by atoms with Crippen LogP contribution in [0.4, 0.5) is 0 Å². The van der Waals surface area contributed by atoms with Crippen molar-refractivity contribution >= 4 is 11.9 Å². The monoisotopic (exact) mass is 251 g/mol. The fraction of sp³-hybridized carbons (Fsp3) is 0.385. The van der Waals surface area contributed by atoms with Crippen LogP contribution >= 0.6 is 0 Å². The first-order valence-electron chi connectivity index (χ1n) is 5.59. The summed E-state index contributed by atoms with van der Waals surface area (Å²) in [4.78, 5) is 22.2. The van der Waals surface area contributed by atoms with E-state index in [0.29, 0.717) is 5.75 Å². The SMILES string of the molecule is CNC(=O)COC(=O)COc1cccc(C)c1C. The molecule has 0 heterocycles. The molecule has 0 aliphatic carbocycles. The van der Waals surface area contributed by atoms with Gasteiger partial charge in [-0.15, -0.1) is 0 Å². The molecule has 1 rings (SSSR count). The van der Waals surface area contributed by atoms with Crippen molar-refractivity contribution in [3.05, 3.63) is 29.3 Å². The lowest BCUT2D eigenvalue weighted by Crippen LogP contribution is -2.26. The van der Waals surface area contributed by atoms with Gasteiger partial charge in [-0.05, 0) is 31.0 Å². The van der Waals surface area contributed by atoms with Crippen LogP contribution in [-0.4, -0.2) is 32.1 Å². The molecule has 0 saturated heterocycles. The number of benzene rings is 1. The fourth-order valence-electron chi connectivity index (χ4n) is 1.28. The lowest BCUT2D eigenvalue weighted by atomic mass is 10.1. The summed E-state index contributed by atoms with van der Waals surface area (Å²) in [6.07, 6.45) is 0. The van der Waals surface area contributed by atoms with E-state index in [1.807, 2.05) is 26.0 Å². The Kier molecular flexibility index (Phi) is 5.17. The van der Waals surface area contributed by atoms with Crippen molar-refractivity contribution in [3.63, 3.8) is 0 Å².